The molecular formula is C9H18O3. The monoisotopic (exact) mass is 174 g/mol. The number of carbonyl (C=O) groups excluding carboxylic acids is 1. The van der Waals surface area contributed by atoms with Crippen molar-refractivity contribution < 1.29 is 14.6 Å². The summed E-state index contributed by atoms with van der Waals surface area (Å²) in [6.07, 6.45) is 0.971. The highest BCUT2D eigenvalue weighted by atomic mass is 16.5. The quantitative estimate of drug-likeness (QED) is 0.654. The SMILES string of the molecule is CCC(C)COC(=O)C(C)(C)O. The Balaban J connectivity index is 3.73. The van der Waals surface area contributed by atoms with Gasteiger partial charge in [-0.2, -0.15) is 0 Å². The molecule has 1 N–H and O–H groups in total. The minimum absolute atomic E-state index is 0.358. The van der Waals surface area contributed by atoms with E-state index >= 15 is 0 Å². The Labute approximate surface area is 73.7 Å². The summed E-state index contributed by atoms with van der Waals surface area (Å²) < 4.78 is 4.87. The van der Waals surface area contributed by atoms with E-state index in [0.717, 1.165) is 6.42 Å². The molecule has 0 aromatic heterocycles. The molecule has 0 radical (unpaired) electrons. The Morgan fingerprint density at radius 2 is 2.08 bits per heavy atom. The zero-order valence-electron chi connectivity index (χ0n) is 8.26. The van der Waals surface area contributed by atoms with Gasteiger partial charge in [0, 0.05) is 0 Å². The van der Waals surface area contributed by atoms with Crippen molar-refractivity contribution in [3.63, 3.8) is 0 Å². The van der Waals surface area contributed by atoms with Crippen LogP contribution in [0.2, 0.25) is 0 Å². The van der Waals surface area contributed by atoms with Crippen molar-refractivity contribution in [3.8, 4) is 0 Å². The fourth-order valence-corrected chi connectivity index (χ4v) is 0.512. The van der Waals surface area contributed by atoms with Crippen LogP contribution < -0.4 is 0 Å². The second-order valence-corrected chi connectivity index (χ2v) is 3.67. The van der Waals surface area contributed by atoms with Crippen LogP contribution in [0.3, 0.4) is 0 Å². The molecule has 0 aliphatic heterocycles. The van der Waals surface area contributed by atoms with E-state index in [9.17, 15) is 9.90 Å². The van der Waals surface area contributed by atoms with Gasteiger partial charge in [0.25, 0.3) is 0 Å². The maximum atomic E-state index is 11.0. The number of aliphatic hydroxyl groups is 1. The van der Waals surface area contributed by atoms with Gasteiger partial charge in [0.05, 0.1) is 6.61 Å². The third kappa shape index (κ3) is 4.34. The molecule has 0 aromatic rings. The fraction of sp³-hybridized carbons (Fsp3) is 0.889. The first-order valence-electron chi connectivity index (χ1n) is 4.27. The zero-order valence-corrected chi connectivity index (χ0v) is 8.26. The number of esters is 1. The molecule has 12 heavy (non-hydrogen) atoms. The van der Waals surface area contributed by atoms with Crippen molar-refractivity contribution in [2.75, 3.05) is 6.61 Å². The number of hydrogen-bond donors (Lipinski definition) is 1. The molecule has 0 amide bonds. The molecule has 3 heteroatoms. The molecule has 0 aliphatic carbocycles. The third-order valence-electron chi connectivity index (χ3n) is 1.70. The highest BCUT2D eigenvalue weighted by molar-refractivity contribution is 5.78. The summed E-state index contributed by atoms with van der Waals surface area (Å²) in [5.74, 6) is -0.195. The molecule has 72 valence electrons. The fourth-order valence-electron chi connectivity index (χ4n) is 0.512. The van der Waals surface area contributed by atoms with E-state index in [1.807, 2.05) is 13.8 Å². The smallest absolute Gasteiger partial charge is 0.337 e. The van der Waals surface area contributed by atoms with Gasteiger partial charge in [-0.25, -0.2) is 4.79 Å². The summed E-state index contributed by atoms with van der Waals surface area (Å²) in [7, 11) is 0. The van der Waals surface area contributed by atoms with Crippen LogP contribution in [0, 0.1) is 5.92 Å². The second kappa shape index (κ2) is 4.45. The van der Waals surface area contributed by atoms with Crippen LogP contribution in [0.15, 0.2) is 0 Å². The predicted octanol–water partition coefficient (Wildman–Crippen LogP) is 1.35. The van der Waals surface area contributed by atoms with E-state index in [2.05, 4.69) is 0 Å². The summed E-state index contributed by atoms with van der Waals surface area (Å²) in [5.41, 5.74) is -1.37. The summed E-state index contributed by atoms with van der Waals surface area (Å²) >= 11 is 0. The van der Waals surface area contributed by atoms with E-state index in [4.69, 9.17) is 4.74 Å². The van der Waals surface area contributed by atoms with Gasteiger partial charge in [-0.05, 0) is 19.8 Å². The Morgan fingerprint density at radius 1 is 1.58 bits per heavy atom. The number of carbonyl (C=O) groups is 1. The predicted molar refractivity (Wildman–Crippen MR) is 46.7 cm³/mol. The zero-order chi connectivity index (χ0) is 9.78. The molecule has 0 heterocycles. The van der Waals surface area contributed by atoms with Crippen LogP contribution >= 0.6 is 0 Å². The van der Waals surface area contributed by atoms with Crippen LogP contribution in [-0.2, 0) is 9.53 Å². The molecule has 0 fully saturated rings. The molecule has 0 saturated heterocycles. The Kier molecular flexibility index (Phi) is 4.24. The van der Waals surface area contributed by atoms with Crippen molar-refractivity contribution in [1.82, 2.24) is 0 Å². The topological polar surface area (TPSA) is 46.5 Å². The van der Waals surface area contributed by atoms with Gasteiger partial charge in [-0.3, -0.25) is 0 Å². The van der Waals surface area contributed by atoms with Crippen LogP contribution in [-0.4, -0.2) is 23.3 Å². The summed E-state index contributed by atoms with van der Waals surface area (Å²) in [6.45, 7) is 7.26. The van der Waals surface area contributed by atoms with Gasteiger partial charge in [0.1, 0.15) is 0 Å². The lowest BCUT2D eigenvalue weighted by Gasteiger charge is -2.17. The molecular weight excluding hydrogens is 156 g/mol. The Bertz CT molecular complexity index is 146. The van der Waals surface area contributed by atoms with Crippen molar-refractivity contribution in [1.29, 1.82) is 0 Å². The molecule has 0 rings (SSSR count). The van der Waals surface area contributed by atoms with E-state index in [-0.39, 0.29) is 0 Å². The van der Waals surface area contributed by atoms with Crippen molar-refractivity contribution >= 4 is 5.97 Å². The highest BCUT2D eigenvalue weighted by Crippen LogP contribution is 2.07. The van der Waals surface area contributed by atoms with Crippen LogP contribution in [0.25, 0.3) is 0 Å². The third-order valence-corrected chi connectivity index (χ3v) is 1.70. The highest BCUT2D eigenvalue weighted by Gasteiger charge is 2.25. The molecule has 1 atom stereocenters. The lowest BCUT2D eigenvalue weighted by Crippen LogP contribution is -2.34. The lowest BCUT2D eigenvalue weighted by atomic mass is 10.1. The number of rotatable bonds is 4. The minimum atomic E-state index is -1.37. The normalized spacial score (nSPS) is 14.1. The first-order chi connectivity index (χ1) is 5.38. The lowest BCUT2D eigenvalue weighted by molar-refractivity contribution is -0.163. The van der Waals surface area contributed by atoms with Crippen LogP contribution in [0.5, 0.6) is 0 Å². The van der Waals surface area contributed by atoms with Gasteiger partial charge < -0.3 is 9.84 Å². The summed E-state index contributed by atoms with van der Waals surface area (Å²) in [6, 6.07) is 0. The Hall–Kier alpha value is -0.570. The standard InChI is InChI=1S/C9H18O3/c1-5-7(2)6-12-8(10)9(3,4)11/h7,11H,5-6H2,1-4H3. The van der Waals surface area contributed by atoms with Crippen molar-refractivity contribution in [3.05, 3.63) is 0 Å². The maximum Gasteiger partial charge on any atom is 0.337 e. The molecule has 0 spiro atoms. The van der Waals surface area contributed by atoms with Gasteiger partial charge in [0.15, 0.2) is 5.60 Å². The van der Waals surface area contributed by atoms with Crippen LogP contribution in [0.1, 0.15) is 34.1 Å². The van der Waals surface area contributed by atoms with E-state index in [1.54, 1.807) is 0 Å². The molecule has 0 bridgehead atoms. The van der Waals surface area contributed by atoms with Gasteiger partial charge in [-0.15, -0.1) is 0 Å². The first-order valence-corrected chi connectivity index (χ1v) is 4.27. The Morgan fingerprint density at radius 3 is 2.42 bits per heavy atom. The molecule has 0 aliphatic rings. The van der Waals surface area contributed by atoms with Crippen molar-refractivity contribution in [2.24, 2.45) is 5.92 Å². The van der Waals surface area contributed by atoms with E-state index in [0.29, 0.717) is 12.5 Å². The van der Waals surface area contributed by atoms with Gasteiger partial charge in [0.2, 0.25) is 0 Å². The van der Waals surface area contributed by atoms with Crippen LogP contribution in [0.4, 0.5) is 0 Å². The average molecular weight is 174 g/mol. The van der Waals surface area contributed by atoms with E-state index < -0.39 is 11.6 Å². The molecule has 0 aromatic carbocycles. The number of hydrogen-bond acceptors (Lipinski definition) is 3. The van der Waals surface area contributed by atoms with Crippen molar-refractivity contribution in [2.45, 2.75) is 39.7 Å². The maximum absolute atomic E-state index is 11.0. The van der Waals surface area contributed by atoms with E-state index in [1.165, 1.54) is 13.8 Å². The first kappa shape index (κ1) is 11.4. The second-order valence-electron chi connectivity index (χ2n) is 3.67. The molecule has 3 nitrogen and oxygen atoms in total. The average Bonchev–Trinajstić information content (AvgIpc) is 1.97. The minimum Gasteiger partial charge on any atom is -0.463 e. The number of ether oxygens (including phenoxy) is 1. The summed E-state index contributed by atoms with van der Waals surface area (Å²) in [4.78, 5) is 11.0. The van der Waals surface area contributed by atoms with Gasteiger partial charge >= 0.3 is 5.97 Å². The molecule has 0 saturated carbocycles. The largest absolute Gasteiger partial charge is 0.463 e. The molecule has 1 unspecified atom stereocenters. The van der Waals surface area contributed by atoms with Gasteiger partial charge in [-0.1, -0.05) is 20.3 Å². The summed E-state index contributed by atoms with van der Waals surface area (Å²) in [5, 5.41) is 9.20.